The molecule has 314 valence electrons. The van der Waals surface area contributed by atoms with Crippen molar-refractivity contribution in [3.05, 3.63) is 47.7 Å². The summed E-state index contributed by atoms with van der Waals surface area (Å²) < 4.78 is 120. The van der Waals surface area contributed by atoms with Crippen LogP contribution in [-0.2, 0) is 35.6 Å². The normalized spacial score (nSPS) is 30.9. The summed E-state index contributed by atoms with van der Waals surface area (Å²) in [4.78, 5) is 60.7. The van der Waals surface area contributed by atoms with Crippen LogP contribution in [0.4, 0.5) is 31.1 Å². The van der Waals surface area contributed by atoms with Crippen molar-refractivity contribution in [2.45, 2.75) is 131 Å². The second kappa shape index (κ2) is 13.2. The van der Waals surface area contributed by atoms with Gasteiger partial charge in [0.1, 0.15) is 29.0 Å². The van der Waals surface area contributed by atoms with E-state index in [0.717, 1.165) is 25.7 Å². The minimum absolute atomic E-state index is 0.0804. The third kappa shape index (κ3) is 6.26. The summed E-state index contributed by atoms with van der Waals surface area (Å²) in [6.45, 7) is 1.11. The van der Waals surface area contributed by atoms with E-state index in [1.807, 2.05) is 29.6 Å². The number of allylic oxidation sites excluding steroid dienone is 1. The molecular weight excluding hydrogens is 801 g/mol. The molecule has 2 aliphatic carbocycles. The van der Waals surface area contributed by atoms with Gasteiger partial charge in [0, 0.05) is 23.3 Å². The summed E-state index contributed by atoms with van der Waals surface area (Å²) in [5, 5.41) is 5.55. The molecule has 0 unspecified atom stereocenters. The largest absolute Gasteiger partial charge is 0.483 e. The van der Waals surface area contributed by atoms with Gasteiger partial charge in [-0.25, -0.2) is 22.5 Å². The Bertz CT molecular complexity index is 2230. The first-order valence-corrected chi connectivity index (χ1v) is 20.6. The highest BCUT2D eigenvalue weighted by Crippen LogP contribution is 2.64. The van der Waals surface area contributed by atoms with Gasteiger partial charge >= 0.3 is 18.4 Å². The smallest absolute Gasteiger partial charge is 0.437 e. The lowest BCUT2D eigenvalue weighted by Gasteiger charge is -2.37. The number of hydrogen-bond acceptors (Lipinski definition) is 9. The molecule has 4 aliphatic heterocycles. The van der Waals surface area contributed by atoms with Crippen molar-refractivity contribution in [2.75, 3.05) is 6.54 Å². The molecule has 58 heavy (non-hydrogen) atoms. The zero-order valence-electron chi connectivity index (χ0n) is 31.5. The fourth-order valence-corrected chi connectivity index (χ4v) is 10.9. The average Bonchev–Trinajstić information content (AvgIpc) is 4.09. The summed E-state index contributed by atoms with van der Waals surface area (Å²) in [5.41, 5.74) is -5.73. The SMILES string of the molecule is Cc1nc2ccccc2c2c1O[C@]1(CC2)C[C@H]2C(=O)N[C@]3(C(=O)N4C5(CC5)S4(=O)=O)C[C@H]3/C=C\CCCCC[C@H](NC(=O)OC(C)(C(F)(F)F)C(F)(F)F)C(=O)N2C1. The van der Waals surface area contributed by atoms with Crippen LogP contribution in [0.25, 0.3) is 10.9 Å². The van der Waals surface area contributed by atoms with Crippen LogP contribution >= 0.6 is 0 Å². The first kappa shape index (κ1) is 40.2. The van der Waals surface area contributed by atoms with E-state index in [1.165, 1.54) is 0 Å². The minimum atomic E-state index is -6.07. The standard InChI is InChI=1S/C38H41F6N5O8S/c1-21-28-24(23-11-8-9-12-25(23)45-21)14-15-34(56-28)19-27-29(50)47-36(31(52)49-35(16-17-35)58(49,54)55)18-22(36)10-6-4-3-5-7-13-26(30(51)48(27)20-34)46-32(53)57-33(2,37(39,40)41)38(42,43)44/h6,8-12,22,26-27H,3-5,7,13-20H2,1-2H3,(H,46,53)(H,47,50)/b10-6-/t22-,26+,27+,34-,36-,49?/m1/s1. The van der Waals surface area contributed by atoms with Crippen molar-refractivity contribution in [1.29, 1.82) is 0 Å². The Morgan fingerprint density at radius 1 is 1.02 bits per heavy atom. The monoisotopic (exact) mass is 841 g/mol. The van der Waals surface area contributed by atoms with E-state index in [4.69, 9.17) is 4.74 Å². The molecule has 1 aromatic heterocycles. The van der Waals surface area contributed by atoms with Gasteiger partial charge in [0.05, 0.1) is 17.8 Å². The fourth-order valence-electron chi connectivity index (χ4n) is 8.84. The maximum atomic E-state index is 14.6. The predicted molar refractivity (Wildman–Crippen MR) is 191 cm³/mol. The Labute approximate surface area is 328 Å². The van der Waals surface area contributed by atoms with Crippen molar-refractivity contribution >= 4 is 44.7 Å². The lowest BCUT2D eigenvalue weighted by molar-refractivity contribution is -0.358. The molecule has 2 aromatic rings. The zero-order valence-corrected chi connectivity index (χ0v) is 32.3. The van der Waals surface area contributed by atoms with Crippen molar-refractivity contribution in [3.8, 4) is 5.75 Å². The number of nitrogens with zero attached hydrogens (tertiary/aromatic N) is 3. The van der Waals surface area contributed by atoms with Gasteiger partial charge in [-0.15, -0.1) is 0 Å². The van der Waals surface area contributed by atoms with E-state index >= 15 is 0 Å². The molecule has 0 radical (unpaired) electrons. The molecule has 8 rings (SSSR count). The maximum Gasteiger partial charge on any atom is 0.437 e. The second-order valence-corrected chi connectivity index (χ2v) is 18.5. The number of aryl methyl sites for hydroxylation is 2. The van der Waals surface area contributed by atoms with Crippen LogP contribution in [-0.4, -0.2) is 99.0 Å². The number of sulfonamides is 1. The molecule has 2 saturated carbocycles. The van der Waals surface area contributed by atoms with Crippen molar-refractivity contribution in [3.63, 3.8) is 0 Å². The topological polar surface area (TPSA) is 164 Å². The number of halogens is 6. The molecule has 13 nitrogen and oxygen atoms in total. The van der Waals surface area contributed by atoms with Crippen LogP contribution < -0.4 is 15.4 Å². The number of alkyl halides is 6. The third-order valence-electron chi connectivity index (χ3n) is 12.6. The van der Waals surface area contributed by atoms with Gasteiger partial charge in [-0.1, -0.05) is 43.2 Å². The van der Waals surface area contributed by atoms with E-state index in [2.05, 4.69) is 15.0 Å². The molecule has 5 atom stereocenters. The van der Waals surface area contributed by atoms with Crippen LogP contribution in [0.3, 0.4) is 0 Å². The zero-order chi connectivity index (χ0) is 41.8. The van der Waals surface area contributed by atoms with E-state index in [9.17, 15) is 53.9 Å². The number of carbonyl (C=O) groups excluding carboxylic acids is 4. The molecular formula is C38H41F6N5O8S. The molecule has 20 heteroatoms. The van der Waals surface area contributed by atoms with Crippen LogP contribution in [0.5, 0.6) is 5.75 Å². The highest BCUT2D eigenvalue weighted by molar-refractivity contribution is 7.98. The van der Waals surface area contributed by atoms with Crippen molar-refractivity contribution in [2.24, 2.45) is 5.92 Å². The Hall–Kier alpha value is -4.62. The Morgan fingerprint density at radius 3 is 2.40 bits per heavy atom. The summed E-state index contributed by atoms with van der Waals surface area (Å²) in [5.74, 6) is -2.78. The molecule has 2 N–H and O–H groups in total. The summed E-state index contributed by atoms with van der Waals surface area (Å²) in [7, 11) is -3.89. The number of pyridine rings is 1. The van der Waals surface area contributed by atoms with Crippen molar-refractivity contribution in [1.82, 2.24) is 24.8 Å². The van der Waals surface area contributed by atoms with Gasteiger partial charge in [-0.05, 0) is 71.3 Å². The number of ether oxygens (including phenoxy) is 2. The third-order valence-corrected chi connectivity index (χ3v) is 15.0. The van der Waals surface area contributed by atoms with E-state index in [0.29, 0.717) is 37.1 Å². The lowest BCUT2D eigenvalue weighted by Crippen LogP contribution is -2.60. The Kier molecular flexibility index (Phi) is 9.14. The maximum absolute atomic E-state index is 14.6. The van der Waals surface area contributed by atoms with Crippen LogP contribution in [0.1, 0.15) is 82.4 Å². The first-order valence-electron chi connectivity index (χ1n) is 19.2. The number of alkyl carbamates (subject to hydrolysis) is 1. The number of carbonyl (C=O) groups is 4. The Morgan fingerprint density at radius 2 is 1.72 bits per heavy atom. The van der Waals surface area contributed by atoms with Crippen LogP contribution in [0.15, 0.2) is 36.4 Å². The number of benzene rings is 1. The number of fused-ring (bicyclic) bond motifs is 5. The molecule has 1 aromatic carbocycles. The second-order valence-electron chi connectivity index (χ2n) is 16.5. The van der Waals surface area contributed by atoms with Gasteiger partial charge in [-0.3, -0.25) is 14.4 Å². The molecule has 6 aliphatic rings. The van der Waals surface area contributed by atoms with E-state index in [-0.39, 0.29) is 58.4 Å². The summed E-state index contributed by atoms with van der Waals surface area (Å²) in [6.07, 6.45) is -8.27. The average molecular weight is 842 g/mol. The highest BCUT2D eigenvalue weighted by Gasteiger charge is 2.83. The number of hydrogen-bond donors (Lipinski definition) is 2. The quantitative estimate of drug-likeness (QED) is 0.239. The number of aromatic nitrogens is 1. The first-order chi connectivity index (χ1) is 27.1. The van der Waals surface area contributed by atoms with Crippen LogP contribution in [0.2, 0.25) is 0 Å². The van der Waals surface area contributed by atoms with E-state index < -0.39 is 85.8 Å². The number of rotatable bonds is 3. The molecule has 0 bridgehead atoms. The number of nitrogens with one attached hydrogen (secondary N) is 2. The predicted octanol–water partition coefficient (Wildman–Crippen LogP) is 5.24. The minimum Gasteiger partial charge on any atom is -0.483 e. The number of amides is 4. The Balaban J connectivity index is 1.14. The highest BCUT2D eigenvalue weighted by atomic mass is 32.2. The lowest BCUT2D eigenvalue weighted by atomic mass is 9.87. The summed E-state index contributed by atoms with van der Waals surface area (Å²) in [6, 6.07) is 4.24. The molecule has 4 fully saturated rings. The molecule has 2 spiro atoms. The van der Waals surface area contributed by atoms with E-state index in [1.54, 1.807) is 19.1 Å². The van der Waals surface area contributed by atoms with Gasteiger partial charge in [0.15, 0.2) is 4.87 Å². The fraction of sp³-hybridized carbons (Fsp3) is 0.605. The molecule has 4 amide bonds. The molecule has 5 heterocycles. The van der Waals surface area contributed by atoms with Gasteiger partial charge in [-0.2, -0.15) is 26.3 Å². The van der Waals surface area contributed by atoms with Crippen LogP contribution in [0, 0.1) is 12.8 Å². The molecule has 2 saturated heterocycles. The van der Waals surface area contributed by atoms with Gasteiger partial charge in [0.2, 0.25) is 11.8 Å². The van der Waals surface area contributed by atoms with Gasteiger partial charge < -0.3 is 25.0 Å². The number of para-hydroxylation sites is 1. The van der Waals surface area contributed by atoms with Crippen molar-refractivity contribution < 1.29 is 63.4 Å². The van der Waals surface area contributed by atoms with Gasteiger partial charge in [0.25, 0.3) is 21.5 Å². The summed E-state index contributed by atoms with van der Waals surface area (Å²) >= 11 is 0.